The quantitative estimate of drug-likeness (QED) is 0.896. The average Bonchev–Trinajstić information content (AvgIpc) is 2.99. The van der Waals surface area contributed by atoms with Crippen LogP contribution in [-0.2, 0) is 11.8 Å². The Kier molecular flexibility index (Phi) is 3.97. The van der Waals surface area contributed by atoms with E-state index >= 15 is 0 Å². The average molecular weight is 311 g/mol. The molecule has 3 rings (SSSR count). The maximum absolute atomic E-state index is 5.63. The summed E-state index contributed by atoms with van der Waals surface area (Å²) < 4.78 is 11.3. The Labute approximate surface area is 138 Å². The predicted molar refractivity (Wildman–Crippen MR) is 95.9 cm³/mol. The maximum Gasteiger partial charge on any atom is 0.130 e. The summed E-state index contributed by atoms with van der Waals surface area (Å²) in [6.07, 6.45) is 1.06. The number of benzene rings is 2. The molecule has 3 nitrogen and oxygen atoms in total. The summed E-state index contributed by atoms with van der Waals surface area (Å²) in [5.41, 5.74) is 6.19. The number of nitrogens with one attached hydrogen (secondary N) is 1. The molecule has 2 aromatic rings. The molecule has 0 amide bonds. The van der Waals surface area contributed by atoms with Gasteiger partial charge in [0.1, 0.15) is 11.5 Å². The normalized spacial score (nSPS) is 13.4. The molecule has 1 heterocycles. The first kappa shape index (κ1) is 15.7. The maximum atomic E-state index is 5.63. The second-order valence-corrected chi connectivity index (χ2v) is 7.02. The van der Waals surface area contributed by atoms with Crippen LogP contribution in [0.4, 0.5) is 5.69 Å². The monoisotopic (exact) mass is 311 g/mol. The van der Waals surface area contributed by atoms with Gasteiger partial charge in [0.25, 0.3) is 0 Å². The molecule has 2 aromatic carbocycles. The van der Waals surface area contributed by atoms with E-state index in [4.69, 9.17) is 9.47 Å². The van der Waals surface area contributed by atoms with E-state index in [1.54, 1.807) is 14.2 Å². The van der Waals surface area contributed by atoms with Gasteiger partial charge in [0, 0.05) is 12.2 Å². The third-order valence-electron chi connectivity index (χ3n) is 4.46. The number of fused-ring (bicyclic) bond motifs is 1. The number of rotatable bonds is 3. The smallest absolute Gasteiger partial charge is 0.130 e. The van der Waals surface area contributed by atoms with Gasteiger partial charge in [-0.15, -0.1) is 0 Å². The Morgan fingerprint density at radius 2 is 1.65 bits per heavy atom. The van der Waals surface area contributed by atoms with Crippen LogP contribution >= 0.6 is 0 Å². The van der Waals surface area contributed by atoms with Crippen molar-refractivity contribution in [3.05, 3.63) is 41.5 Å². The lowest BCUT2D eigenvalue weighted by atomic mass is 9.80. The van der Waals surface area contributed by atoms with E-state index in [2.05, 4.69) is 38.2 Å². The summed E-state index contributed by atoms with van der Waals surface area (Å²) in [6.45, 7) is 7.74. The molecule has 122 valence electrons. The lowest BCUT2D eigenvalue weighted by Gasteiger charge is -2.26. The number of ether oxygens (including phenoxy) is 2. The van der Waals surface area contributed by atoms with Crippen molar-refractivity contribution in [2.24, 2.45) is 0 Å². The summed E-state index contributed by atoms with van der Waals surface area (Å²) in [5.74, 6) is 1.70. The molecular formula is C20H25NO2. The molecule has 0 unspecified atom stereocenters. The van der Waals surface area contributed by atoms with Crippen molar-refractivity contribution < 1.29 is 9.47 Å². The van der Waals surface area contributed by atoms with Gasteiger partial charge in [0.05, 0.1) is 19.8 Å². The molecule has 1 N–H and O–H groups in total. The Balaban J connectivity index is 2.32. The highest BCUT2D eigenvalue weighted by Gasteiger charge is 2.26. The van der Waals surface area contributed by atoms with Crippen LogP contribution in [0.2, 0.25) is 0 Å². The number of hydrogen-bond acceptors (Lipinski definition) is 3. The summed E-state index contributed by atoms with van der Waals surface area (Å²) in [4.78, 5) is 0. The van der Waals surface area contributed by atoms with E-state index in [0.29, 0.717) is 0 Å². The third kappa shape index (κ3) is 2.76. The van der Waals surface area contributed by atoms with E-state index in [-0.39, 0.29) is 5.41 Å². The van der Waals surface area contributed by atoms with E-state index in [0.717, 1.165) is 30.0 Å². The molecule has 0 fully saturated rings. The SMILES string of the molecule is COc1cccc(OC)c1-c1cc2c(cc1C(C)(C)C)NCC2. The molecule has 0 aromatic heterocycles. The third-order valence-corrected chi connectivity index (χ3v) is 4.46. The fourth-order valence-corrected chi connectivity index (χ4v) is 3.29. The first-order valence-electron chi connectivity index (χ1n) is 8.08. The van der Waals surface area contributed by atoms with Crippen LogP contribution < -0.4 is 14.8 Å². The minimum atomic E-state index is 0.0283. The molecular weight excluding hydrogens is 286 g/mol. The molecule has 3 heteroatoms. The first-order chi connectivity index (χ1) is 11.0. The minimum absolute atomic E-state index is 0.0283. The molecule has 23 heavy (non-hydrogen) atoms. The van der Waals surface area contributed by atoms with Crippen molar-refractivity contribution in [3.63, 3.8) is 0 Å². The molecule has 0 saturated carbocycles. The summed E-state index contributed by atoms with van der Waals surface area (Å²) in [5, 5.41) is 3.49. The van der Waals surface area contributed by atoms with Gasteiger partial charge in [0.2, 0.25) is 0 Å². The van der Waals surface area contributed by atoms with Crippen molar-refractivity contribution in [3.8, 4) is 22.6 Å². The van der Waals surface area contributed by atoms with E-state index < -0.39 is 0 Å². The second-order valence-electron chi connectivity index (χ2n) is 7.02. The summed E-state index contributed by atoms with van der Waals surface area (Å²) >= 11 is 0. The van der Waals surface area contributed by atoms with Crippen LogP contribution in [0, 0.1) is 0 Å². The fraction of sp³-hybridized carbons (Fsp3) is 0.400. The number of hydrogen-bond donors (Lipinski definition) is 1. The van der Waals surface area contributed by atoms with Crippen LogP contribution in [0.5, 0.6) is 11.5 Å². The minimum Gasteiger partial charge on any atom is -0.496 e. The molecule has 0 bridgehead atoms. The topological polar surface area (TPSA) is 30.5 Å². The Bertz CT molecular complexity index is 707. The van der Waals surface area contributed by atoms with Crippen molar-refractivity contribution in [1.82, 2.24) is 0 Å². The Morgan fingerprint density at radius 3 is 2.22 bits per heavy atom. The Morgan fingerprint density at radius 1 is 1.00 bits per heavy atom. The highest BCUT2D eigenvalue weighted by atomic mass is 16.5. The highest BCUT2D eigenvalue weighted by Crippen LogP contribution is 2.45. The second kappa shape index (κ2) is 5.80. The fourth-order valence-electron chi connectivity index (χ4n) is 3.29. The molecule has 1 aliphatic rings. The van der Waals surface area contributed by atoms with Gasteiger partial charge >= 0.3 is 0 Å². The lowest BCUT2D eigenvalue weighted by Crippen LogP contribution is -2.14. The molecule has 0 radical (unpaired) electrons. The van der Waals surface area contributed by atoms with E-state index in [9.17, 15) is 0 Å². The van der Waals surface area contributed by atoms with E-state index in [1.165, 1.54) is 22.4 Å². The Hall–Kier alpha value is -2.16. The molecule has 0 saturated heterocycles. The first-order valence-corrected chi connectivity index (χ1v) is 8.08. The zero-order valence-electron chi connectivity index (χ0n) is 14.6. The summed E-state index contributed by atoms with van der Waals surface area (Å²) in [6, 6.07) is 10.6. The van der Waals surface area contributed by atoms with Crippen molar-refractivity contribution in [1.29, 1.82) is 0 Å². The van der Waals surface area contributed by atoms with Crippen LogP contribution in [0.3, 0.4) is 0 Å². The standard InChI is InChI=1S/C20H25NO2/c1-20(2,3)15-12-16-13(9-10-21-16)11-14(15)19-17(22-4)7-6-8-18(19)23-5/h6-8,11-12,21H,9-10H2,1-5H3. The van der Waals surface area contributed by atoms with Crippen LogP contribution in [0.25, 0.3) is 11.1 Å². The lowest BCUT2D eigenvalue weighted by molar-refractivity contribution is 0.397. The van der Waals surface area contributed by atoms with Gasteiger partial charge < -0.3 is 14.8 Å². The van der Waals surface area contributed by atoms with Crippen molar-refractivity contribution in [2.75, 3.05) is 26.1 Å². The number of anilines is 1. The van der Waals surface area contributed by atoms with Gasteiger partial charge in [-0.25, -0.2) is 0 Å². The largest absolute Gasteiger partial charge is 0.496 e. The van der Waals surface area contributed by atoms with Gasteiger partial charge in [-0.1, -0.05) is 26.8 Å². The van der Waals surface area contributed by atoms with Gasteiger partial charge in [-0.2, -0.15) is 0 Å². The molecule has 0 spiro atoms. The predicted octanol–water partition coefficient (Wildman–Crippen LogP) is 4.64. The van der Waals surface area contributed by atoms with Crippen molar-refractivity contribution in [2.45, 2.75) is 32.6 Å². The van der Waals surface area contributed by atoms with Gasteiger partial charge in [-0.05, 0) is 52.8 Å². The highest BCUT2D eigenvalue weighted by molar-refractivity contribution is 5.83. The van der Waals surface area contributed by atoms with E-state index in [1.807, 2.05) is 18.2 Å². The van der Waals surface area contributed by atoms with Crippen LogP contribution in [0.1, 0.15) is 31.9 Å². The van der Waals surface area contributed by atoms with Gasteiger partial charge in [-0.3, -0.25) is 0 Å². The zero-order valence-corrected chi connectivity index (χ0v) is 14.6. The van der Waals surface area contributed by atoms with Gasteiger partial charge in [0.15, 0.2) is 0 Å². The van der Waals surface area contributed by atoms with Crippen LogP contribution in [0.15, 0.2) is 30.3 Å². The molecule has 0 aliphatic carbocycles. The number of methoxy groups -OCH3 is 2. The molecule has 1 aliphatic heterocycles. The van der Waals surface area contributed by atoms with Crippen molar-refractivity contribution >= 4 is 5.69 Å². The van der Waals surface area contributed by atoms with Crippen LogP contribution in [-0.4, -0.2) is 20.8 Å². The zero-order chi connectivity index (χ0) is 16.6. The summed E-state index contributed by atoms with van der Waals surface area (Å²) in [7, 11) is 3.42. The molecule has 0 atom stereocenters.